The van der Waals surface area contributed by atoms with Crippen LogP contribution >= 0.6 is 92.8 Å². The van der Waals surface area contributed by atoms with Crippen LogP contribution in [0.2, 0.25) is 40.2 Å². The van der Waals surface area contributed by atoms with Crippen molar-refractivity contribution in [2.75, 3.05) is 0 Å². The van der Waals surface area contributed by atoms with E-state index >= 15 is 0 Å². The van der Waals surface area contributed by atoms with E-state index in [1.165, 1.54) is 39.8 Å². The van der Waals surface area contributed by atoms with Crippen LogP contribution in [-0.2, 0) is 0 Å². The molecule has 0 bridgehead atoms. The average molecular weight is 1340 g/mol. The molecule has 0 saturated carbocycles. The first-order chi connectivity index (χ1) is 38.6. The molecule has 20 heteroatoms. The number of hydrogen-bond donors (Lipinski definition) is 0. The van der Waals surface area contributed by atoms with E-state index in [-0.39, 0.29) is 33.9 Å². The second kappa shape index (κ2) is 35.1. The third-order valence-corrected chi connectivity index (χ3v) is 15.5. The van der Waals surface area contributed by atoms with Gasteiger partial charge in [0, 0.05) is 58.0 Å². The van der Waals surface area contributed by atoms with Crippen LogP contribution in [0.1, 0.15) is 89.0 Å². The summed E-state index contributed by atoms with van der Waals surface area (Å²) < 4.78 is 152. The standard InChI is InChI=1S/3C8H8Cl2.2C8H8ClF.C8H6F4.2C8H7F3/c1-5-3-8(10)6(2)4-7(5)9;1-5-3-7(9)6(2)8(10)4-5;1-5-3-4-6(2)8(10)7(5)9;1-5-4-8(10)6(2)3-7(5)9;1-5-3-7(9)6(2)8(10)4-5;1-3-5(9)7(11)4(2)8(12)6(3)10;2*1-4-3-6(9)5(2)8(11)7(4)10/h5*3-4H,1-2H3;1-2H3;2*3H,1-2H3. The topological polar surface area (TPSA) is 0 Å². The van der Waals surface area contributed by atoms with Crippen LogP contribution in [0, 0.1) is 181 Å². The predicted molar refractivity (Wildman–Crippen MR) is 327 cm³/mol. The highest BCUT2D eigenvalue weighted by Gasteiger charge is 2.20. The van der Waals surface area contributed by atoms with E-state index in [1.54, 1.807) is 32.9 Å². The number of halogens is 20. The van der Waals surface area contributed by atoms with Gasteiger partial charge in [-0.15, -0.1) is 0 Å². The molecule has 8 rings (SSSR count). The highest BCUT2D eigenvalue weighted by molar-refractivity contribution is 6.43. The summed E-state index contributed by atoms with van der Waals surface area (Å²) in [5.41, 5.74) is 7.09. The van der Waals surface area contributed by atoms with E-state index in [0.29, 0.717) is 31.2 Å². The van der Waals surface area contributed by atoms with Gasteiger partial charge in [0.2, 0.25) is 0 Å². The molecule has 0 radical (unpaired) electrons. The fourth-order valence-corrected chi connectivity index (χ4v) is 8.18. The molecule has 0 amide bonds. The first-order valence-corrected chi connectivity index (χ1v) is 27.7. The van der Waals surface area contributed by atoms with Gasteiger partial charge in [-0.1, -0.05) is 105 Å². The predicted octanol–water partition coefficient (Wildman–Crippen LogP) is 25.3. The summed E-state index contributed by atoms with van der Waals surface area (Å²) in [6, 6.07) is 19.7. The lowest BCUT2D eigenvalue weighted by atomic mass is 10.1. The maximum atomic E-state index is 12.8. The van der Waals surface area contributed by atoms with Crippen molar-refractivity contribution in [3.05, 3.63) is 272 Å². The zero-order valence-corrected chi connectivity index (χ0v) is 54.5. The summed E-state index contributed by atoms with van der Waals surface area (Å²) in [6.45, 7) is 25.6. The molecule has 0 fully saturated rings. The van der Waals surface area contributed by atoms with Crippen molar-refractivity contribution in [2.45, 2.75) is 111 Å². The SMILES string of the molecule is Cc1c(F)c(F)c(C)c(F)c1F.Cc1cc(Cl)c(C)c(Cl)c1.Cc1cc(Cl)c(C)cc1Cl.Cc1cc(Cl)c(C)cc1F.Cc1cc(F)c(C)c(Cl)c1.Cc1cc(F)c(C)c(F)c1F.Cc1cc(F)c(C)c(F)c1F.Cc1ccc(C)c(Cl)c1Cl. The molecule has 0 aliphatic carbocycles. The average Bonchev–Trinajstić information content (AvgIpc) is 3.64. The Morgan fingerprint density at radius 1 is 0.202 bits per heavy atom. The largest absolute Gasteiger partial charge is 0.207 e. The lowest BCUT2D eigenvalue weighted by molar-refractivity contribution is 0.436. The van der Waals surface area contributed by atoms with Crippen LogP contribution in [0.4, 0.5) is 52.7 Å². The molecule has 456 valence electrons. The molecule has 0 nitrogen and oxygen atoms in total. The number of hydrogen-bond acceptors (Lipinski definition) is 0. The fraction of sp³-hybridized carbons (Fsp3) is 0.250. The van der Waals surface area contributed by atoms with Gasteiger partial charge in [0.25, 0.3) is 0 Å². The van der Waals surface area contributed by atoms with E-state index < -0.39 is 69.3 Å². The minimum absolute atomic E-state index is 0.00870. The third-order valence-electron chi connectivity index (χ3n) is 12.0. The number of benzene rings is 8. The van der Waals surface area contributed by atoms with Crippen LogP contribution in [0.15, 0.2) is 72.8 Å². The van der Waals surface area contributed by atoms with Crippen molar-refractivity contribution in [1.82, 2.24) is 0 Å². The molecule has 0 aliphatic heterocycles. The normalized spacial score (nSPS) is 10.1. The maximum absolute atomic E-state index is 12.8. The lowest BCUT2D eigenvalue weighted by Crippen LogP contribution is -2.02. The summed E-state index contributed by atoms with van der Waals surface area (Å²) >= 11 is 46.4. The molecule has 0 N–H and O–H groups in total. The molecular weight excluding hydrogens is 1280 g/mol. The quantitative estimate of drug-likeness (QED) is 0.105. The van der Waals surface area contributed by atoms with Crippen LogP contribution in [-0.4, -0.2) is 0 Å². The van der Waals surface area contributed by atoms with Crippen molar-refractivity contribution in [3.63, 3.8) is 0 Å². The Balaban J connectivity index is 0.000000480. The Morgan fingerprint density at radius 2 is 0.452 bits per heavy atom. The second-order valence-electron chi connectivity index (χ2n) is 19.1. The highest BCUT2D eigenvalue weighted by atomic mass is 35.5. The Kier molecular flexibility index (Phi) is 32.3. The Bertz CT molecular complexity index is 3100. The van der Waals surface area contributed by atoms with Gasteiger partial charge in [0.1, 0.15) is 23.3 Å². The van der Waals surface area contributed by atoms with Crippen LogP contribution in [0.25, 0.3) is 0 Å². The van der Waals surface area contributed by atoms with Crippen molar-refractivity contribution >= 4 is 92.8 Å². The van der Waals surface area contributed by atoms with Crippen molar-refractivity contribution < 1.29 is 52.7 Å². The molecule has 84 heavy (non-hydrogen) atoms. The zero-order valence-electron chi connectivity index (χ0n) is 48.5. The molecule has 8 aromatic carbocycles. The second-order valence-corrected chi connectivity index (χ2v) is 22.3. The molecular formula is C64H60Cl8F12. The van der Waals surface area contributed by atoms with Gasteiger partial charge in [-0.3, -0.25) is 0 Å². The minimum Gasteiger partial charge on any atom is -0.207 e. The maximum Gasteiger partial charge on any atom is 0.165 e. The van der Waals surface area contributed by atoms with Gasteiger partial charge in [0.05, 0.1) is 10.0 Å². The molecule has 0 heterocycles. The van der Waals surface area contributed by atoms with Crippen LogP contribution in [0.3, 0.4) is 0 Å². The molecule has 0 saturated heterocycles. The highest BCUT2D eigenvalue weighted by Crippen LogP contribution is 2.30. The van der Waals surface area contributed by atoms with Crippen molar-refractivity contribution in [3.8, 4) is 0 Å². The van der Waals surface area contributed by atoms with Crippen molar-refractivity contribution in [1.29, 1.82) is 0 Å². The number of rotatable bonds is 0. The van der Waals surface area contributed by atoms with E-state index in [0.717, 1.165) is 90.6 Å². The summed E-state index contributed by atoms with van der Waals surface area (Å²) in [7, 11) is 0. The minimum atomic E-state index is -1.33. The molecule has 0 unspecified atom stereocenters. The molecule has 0 aliphatic rings. The number of aryl methyl sites for hydroxylation is 10. The Hall–Kier alpha value is -4.76. The third kappa shape index (κ3) is 22.8. The molecule has 0 atom stereocenters. The summed E-state index contributed by atoms with van der Waals surface area (Å²) in [5.74, 6) is -11.3. The van der Waals surface area contributed by atoms with Crippen molar-refractivity contribution in [2.24, 2.45) is 0 Å². The first-order valence-electron chi connectivity index (χ1n) is 24.7. The van der Waals surface area contributed by atoms with Crippen LogP contribution < -0.4 is 0 Å². The smallest absolute Gasteiger partial charge is 0.165 e. The summed E-state index contributed by atoms with van der Waals surface area (Å²) in [6.07, 6.45) is 0. The van der Waals surface area contributed by atoms with E-state index in [2.05, 4.69) is 0 Å². The van der Waals surface area contributed by atoms with E-state index in [1.807, 2.05) is 84.9 Å². The Morgan fingerprint density at radius 3 is 0.762 bits per heavy atom. The summed E-state index contributed by atoms with van der Waals surface area (Å²) in [4.78, 5) is 0. The zero-order chi connectivity index (χ0) is 65.3. The molecule has 0 spiro atoms. The van der Waals surface area contributed by atoms with Gasteiger partial charge in [0.15, 0.2) is 46.5 Å². The fourth-order valence-electron chi connectivity index (χ4n) is 6.24. The van der Waals surface area contributed by atoms with Gasteiger partial charge in [-0.2, -0.15) is 0 Å². The van der Waals surface area contributed by atoms with Gasteiger partial charge in [-0.25, -0.2) is 52.7 Å². The van der Waals surface area contributed by atoms with Gasteiger partial charge in [-0.05, 0) is 233 Å². The van der Waals surface area contributed by atoms with Gasteiger partial charge < -0.3 is 0 Å². The van der Waals surface area contributed by atoms with E-state index in [4.69, 9.17) is 92.8 Å². The molecule has 0 aromatic heterocycles. The molecule has 8 aromatic rings. The first kappa shape index (κ1) is 77.3. The summed E-state index contributed by atoms with van der Waals surface area (Å²) in [5, 5.41) is 5.50. The van der Waals surface area contributed by atoms with Crippen LogP contribution in [0.5, 0.6) is 0 Å². The lowest BCUT2D eigenvalue weighted by Gasteiger charge is -2.04. The Labute approximate surface area is 524 Å². The van der Waals surface area contributed by atoms with E-state index in [9.17, 15) is 52.7 Å². The van der Waals surface area contributed by atoms with Gasteiger partial charge >= 0.3 is 0 Å². The monoisotopic (exact) mass is 1340 g/mol.